The molecule has 0 saturated carbocycles. The summed E-state index contributed by atoms with van der Waals surface area (Å²) >= 11 is 0. The van der Waals surface area contributed by atoms with Crippen LogP contribution in [-0.4, -0.2) is 59.0 Å². The first-order chi connectivity index (χ1) is 10.7. The highest BCUT2D eigenvalue weighted by Crippen LogP contribution is 2.38. The Hall–Kier alpha value is -1.58. The molecule has 0 bridgehead atoms. The Morgan fingerprint density at radius 2 is 1.74 bits per heavy atom. The van der Waals surface area contributed by atoms with Crippen molar-refractivity contribution in [3.05, 3.63) is 11.8 Å². The molecule has 2 fully saturated rings. The average Bonchev–Trinajstić information content (AvgIpc) is 2.45. The molecule has 6 heteroatoms. The number of piperidine rings is 1. The summed E-state index contributed by atoms with van der Waals surface area (Å²) in [5.41, 5.74) is 6.03. The van der Waals surface area contributed by atoms with E-state index in [0.29, 0.717) is 13.1 Å². The van der Waals surface area contributed by atoms with Crippen LogP contribution in [0.3, 0.4) is 0 Å². The van der Waals surface area contributed by atoms with Crippen molar-refractivity contribution in [1.29, 1.82) is 5.26 Å². The first-order valence-corrected chi connectivity index (χ1v) is 8.34. The highest BCUT2D eigenvalue weighted by Gasteiger charge is 2.43. The molecule has 0 atom stereocenters. The summed E-state index contributed by atoms with van der Waals surface area (Å²) in [5.74, 6) is -0.171. The lowest BCUT2D eigenvalue weighted by atomic mass is 9.77. The monoisotopic (exact) mass is 319 g/mol. The maximum absolute atomic E-state index is 12.6. The number of nitrogens with two attached hydrogens (primary N) is 1. The van der Waals surface area contributed by atoms with E-state index in [0.717, 1.165) is 25.9 Å². The van der Waals surface area contributed by atoms with Crippen LogP contribution in [0.25, 0.3) is 0 Å². The smallest absolute Gasteiger partial charge is 0.266 e. The molecule has 2 heterocycles. The number of hydrogen-bond acceptors (Lipinski definition) is 5. The molecule has 0 aromatic rings. The SMILES string of the molecule is CC1(C)CC(N)CC(C)(C)N1/C=C(/C#N)C(=O)N1CCNCC1. The number of likely N-dealkylation sites (tertiary alicyclic amines) is 1. The normalized spacial score (nSPS) is 25.1. The summed E-state index contributed by atoms with van der Waals surface area (Å²) in [6, 6.07) is 2.25. The zero-order valence-electron chi connectivity index (χ0n) is 14.7. The number of nitriles is 1. The van der Waals surface area contributed by atoms with Crippen molar-refractivity contribution in [2.45, 2.75) is 57.7 Å². The topological polar surface area (TPSA) is 85.4 Å². The van der Waals surface area contributed by atoms with E-state index in [-0.39, 0.29) is 28.6 Å². The fourth-order valence-corrected chi connectivity index (χ4v) is 4.02. The van der Waals surface area contributed by atoms with Gasteiger partial charge in [0.2, 0.25) is 0 Å². The van der Waals surface area contributed by atoms with Crippen LogP contribution in [0.1, 0.15) is 40.5 Å². The minimum atomic E-state index is -0.187. The van der Waals surface area contributed by atoms with Crippen molar-refractivity contribution in [2.24, 2.45) is 5.73 Å². The largest absolute Gasteiger partial charge is 0.366 e. The van der Waals surface area contributed by atoms with E-state index < -0.39 is 0 Å². The molecule has 0 aromatic heterocycles. The Labute approximate surface area is 139 Å². The van der Waals surface area contributed by atoms with Crippen LogP contribution in [0, 0.1) is 11.3 Å². The lowest BCUT2D eigenvalue weighted by Crippen LogP contribution is -2.61. The minimum absolute atomic E-state index is 0.138. The van der Waals surface area contributed by atoms with Crippen LogP contribution in [0.15, 0.2) is 11.8 Å². The van der Waals surface area contributed by atoms with Gasteiger partial charge in [0.1, 0.15) is 11.6 Å². The van der Waals surface area contributed by atoms with Crippen LogP contribution in [0.2, 0.25) is 0 Å². The predicted molar refractivity (Wildman–Crippen MR) is 90.4 cm³/mol. The molecule has 6 nitrogen and oxygen atoms in total. The number of carbonyl (C=O) groups is 1. The molecule has 0 aliphatic carbocycles. The van der Waals surface area contributed by atoms with Gasteiger partial charge in [0.05, 0.1) is 0 Å². The van der Waals surface area contributed by atoms with Crippen LogP contribution in [0.5, 0.6) is 0 Å². The van der Waals surface area contributed by atoms with Gasteiger partial charge in [0, 0.05) is 49.5 Å². The number of nitrogens with zero attached hydrogens (tertiary/aromatic N) is 3. The molecule has 2 saturated heterocycles. The zero-order chi connectivity index (χ0) is 17.3. The summed E-state index contributed by atoms with van der Waals surface area (Å²) in [6.45, 7) is 11.3. The molecule has 2 rings (SSSR count). The molecule has 2 aliphatic heterocycles. The van der Waals surface area contributed by atoms with Crippen molar-refractivity contribution >= 4 is 5.91 Å². The molecule has 3 N–H and O–H groups in total. The maximum atomic E-state index is 12.6. The second-order valence-corrected chi connectivity index (χ2v) is 7.86. The quantitative estimate of drug-likeness (QED) is 0.581. The molecule has 2 aliphatic rings. The molecule has 1 amide bonds. The van der Waals surface area contributed by atoms with Gasteiger partial charge in [-0.05, 0) is 40.5 Å². The van der Waals surface area contributed by atoms with Gasteiger partial charge in [-0.25, -0.2) is 0 Å². The molecule has 0 spiro atoms. The van der Waals surface area contributed by atoms with E-state index in [2.05, 4.69) is 44.0 Å². The third-order valence-electron chi connectivity index (χ3n) is 4.84. The van der Waals surface area contributed by atoms with Gasteiger partial charge in [0.25, 0.3) is 5.91 Å². The van der Waals surface area contributed by atoms with Gasteiger partial charge < -0.3 is 20.9 Å². The van der Waals surface area contributed by atoms with Crippen molar-refractivity contribution in [1.82, 2.24) is 15.1 Å². The van der Waals surface area contributed by atoms with Gasteiger partial charge in [-0.1, -0.05) is 0 Å². The van der Waals surface area contributed by atoms with Crippen LogP contribution in [0.4, 0.5) is 0 Å². The van der Waals surface area contributed by atoms with E-state index in [9.17, 15) is 10.1 Å². The number of piperazine rings is 1. The van der Waals surface area contributed by atoms with E-state index >= 15 is 0 Å². The van der Waals surface area contributed by atoms with E-state index in [1.807, 2.05) is 0 Å². The Bertz CT molecular complexity index is 508. The molecule has 128 valence electrons. The number of carbonyl (C=O) groups excluding carboxylic acids is 1. The fourth-order valence-electron chi connectivity index (χ4n) is 4.02. The molecule has 23 heavy (non-hydrogen) atoms. The summed E-state index contributed by atoms with van der Waals surface area (Å²) in [4.78, 5) is 16.6. The summed E-state index contributed by atoms with van der Waals surface area (Å²) in [6.07, 6.45) is 3.44. The summed E-state index contributed by atoms with van der Waals surface area (Å²) in [5, 5.41) is 12.7. The second kappa shape index (κ2) is 6.50. The van der Waals surface area contributed by atoms with Crippen molar-refractivity contribution in [3.63, 3.8) is 0 Å². The van der Waals surface area contributed by atoms with Gasteiger partial charge >= 0.3 is 0 Å². The lowest BCUT2D eigenvalue weighted by molar-refractivity contribution is -0.127. The maximum Gasteiger partial charge on any atom is 0.266 e. The van der Waals surface area contributed by atoms with Crippen LogP contribution in [-0.2, 0) is 4.79 Å². The zero-order valence-corrected chi connectivity index (χ0v) is 14.7. The second-order valence-electron chi connectivity index (χ2n) is 7.86. The third-order valence-corrected chi connectivity index (χ3v) is 4.84. The van der Waals surface area contributed by atoms with E-state index in [1.165, 1.54) is 0 Å². The summed E-state index contributed by atoms with van der Waals surface area (Å²) in [7, 11) is 0. The predicted octanol–water partition coefficient (Wildman–Crippen LogP) is 0.806. The average molecular weight is 319 g/mol. The van der Waals surface area contributed by atoms with E-state index in [1.54, 1.807) is 11.1 Å². The third kappa shape index (κ3) is 3.85. The van der Waals surface area contributed by atoms with Gasteiger partial charge in [-0.2, -0.15) is 5.26 Å². The molecular weight excluding hydrogens is 290 g/mol. The lowest BCUT2D eigenvalue weighted by Gasteiger charge is -2.54. The Morgan fingerprint density at radius 3 is 2.22 bits per heavy atom. The first kappa shape index (κ1) is 17.8. The van der Waals surface area contributed by atoms with Crippen LogP contribution >= 0.6 is 0 Å². The van der Waals surface area contributed by atoms with Crippen molar-refractivity contribution in [2.75, 3.05) is 26.2 Å². The minimum Gasteiger partial charge on any atom is -0.366 e. The first-order valence-electron chi connectivity index (χ1n) is 8.34. The highest BCUT2D eigenvalue weighted by molar-refractivity contribution is 5.97. The standard InChI is InChI=1S/C17H29N5O/c1-16(2)9-14(19)10-17(3,4)22(16)12-13(11-18)15(23)21-7-5-20-6-8-21/h12,14,20H,5-10,19H2,1-4H3/b13-12-. The molecule has 0 aromatic carbocycles. The van der Waals surface area contributed by atoms with Gasteiger partial charge in [-0.15, -0.1) is 0 Å². The van der Waals surface area contributed by atoms with Gasteiger partial charge in [0.15, 0.2) is 0 Å². The molecule has 0 radical (unpaired) electrons. The van der Waals surface area contributed by atoms with Gasteiger partial charge in [-0.3, -0.25) is 4.79 Å². The Kier molecular flexibility index (Phi) is 5.02. The Balaban J connectivity index is 2.28. The van der Waals surface area contributed by atoms with Crippen molar-refractivity contribution < 1.29 is 4.79 Å². The highest BCUT2D eigenvalue weighted by atomic mass is 16.2. The fraction of sp³-hybridized carbons (Fsp3) is 0.765. The van der Waals surface area contributed by atoms with E-state index in [4.69, 9.17) is 5.73 Å². The number of nitrogens with one attached hydrogen (secondary N) is 1. The van der Waals surface area contributed by atoms with Crippen LogP contribution < -0.4 is 11.1 Å². The molecule has 0 unspecified atom stereocenters. The molecular formula is C17H29N5O. The number of rotatable bonds is 2. The number of hydrogen-bond donors (Lipinski definition) is 2. The Morgan fingerprint density at radius 1 is 1.22 bits per heavy atom. The summed E-state index contributed by atoms with van der Waals surface area (Å²) < 4.78 is 0. The van der Waals surface area contributed by atoms with Crippen molar-refractivity contribution in [3.8, 4) is 6.07 Å². The number of amides is 1.